The lowest BCUT2D eigenvalue weighted by Crippen LogP contribution is -2.15. The number of carbonyl (C=O) groups excluding carboxylic acids is 1. The molecule has 1 aromatic carbocycles. The highest BCUT2D eigenvalue weighted by molar-refractivity contribution is 7.14. The lowest BCUT2D eigenvalue weighted by Gasteiger charge is -2.05. The van der Waals surface area contributed by atoms with E-state index >= 15 is 0 Å². The van der Waals surface area contributed by atoms with Crippen LogP contribution in [0, 0.1) is 11.6 Å². The minimum atomic E-state index is -0.774. The van der Waals surface area contributed by atoms with E-state index in [0.717, 1.165) is 23.9 Å². The van der Waals surface area contributed by atoms with Crippen molar-refractivity contribution >= 4 is 22.4 Å². The summed E-state index contributed by atoms with van der Waals surface area (Å²) < 4.78 is 26.5. The monoisotopic (exact) mass is 297 g/mol. The Bertz CT molecular complexity index is 630. The number of aromatic nitrogens is 1. The average molecular weight is 297 g/mol. The molecule has 106 valence electrons. The molecule has 1 aromatic heterocycles. The topological polar surface area (TPSA) is 54.0 Å². The zero-order valence-corrected chi connectivity index (χ0v) is 11.7. The van der Waals surface area contributed by atoms with E-state index in [1.165, 1.54) is 11.3 Å². The van der Waals surface area contributed by atoms with Crippen molar-refractivity contribution in [1.82, 2.24) is 10.3 Å². The fraction of sp³-hybridized carbons (Fsp3) is 0.231. The number of carbonyl (C=O) groups is 1. The van der Waals surface area contributed by atoms with Gasteiger partial charge in [-0.05, 0) is 32.2 Å². The number of nitrogens with one attached hydrogen (secondary N) is 2. The molecule has 2 aromatic rings. The Kier molecular flexibility index (Phi) is 4.41. The molecule has 2 rings (SSSR count). The molecule has 0 fully saturated rings. The van der Waals surface area contributed by atoms with Crippen LogP contribution in [0.5, 0.6) is 0 Å². The smallest absolute Gasteiger partial charge is 0.260 e. The predicted molar refractivity (Wildman–Crippen MR) is 73.9 cm³/mol. The molecule has 0 spiro atoms. The molecule has 1 amide bonds. The number of benzene rings is 1. The lowest BCUT2D eigenvalue weighted by molar-refractivity contribution is 0.102. The Labute approximate surface area is 118 Å². The first-order valence-electron chi connectivity index (χ1n) is 5.90. The summed E-state index contributed by atoms with van der Waals surface area (Å²) in [4.78, 5) is 16.1. The third kappa shape index (κ3) is 3.17. The summed E-state index contributed by atoms with van der Waals surface area (Å²) in [5, 5.41) is 7.61. The van der Waals surface area contributed by atoms with Gasteiger partial charge in [0.2, 0.25) is 0 Å². The summed E-state index contributed by atoms with van der Waals surface area (Å²) in [6, 6.07) is 2.78. The maximum Gasteiger partial charge on any atom is 0.260 e. The molecular weight excluding hydrogens is 284 g/mol. The van der Waals surface area contributed by atoms with E-state index in [0.29, 0.717) is 5.13 Å². The van der Waals surface area contributed by atoms with Gasteiger partial charge in [0.15, 0.2) is 5.13 Å². The van der Waals surface area contributed by atoms with Gasteiger partial charge in [0, 0.05) is 11.4 Å². The summed E-state index contributed by atoms with van der Waals surface area (Å²) >= 11 is 1.23. The van der Waals surface area contributed by atoms with Gasteiger partial charge >= 0.3 is 0 Å². The zero-order valence-electron chi connectivity index (χ0n) is 10.9. The van der Waals surface area contributed by atoms with Crippen molar-refractivity contribution < 1.29 is 13.6 Å². The van der Waals surface area contributed by atoms with Gasteiger partial charge in [0.25, 0.3) is 5.91 Å². The Morgan fingerprint density at radius 2 is 2.15 bits per heavy atom. The predicted octanol–water partition coefficient (Wildman–Crippen LogP) is 2.95. The van der Waals surface area contributed by atoms with E-state index in [1.807, 2.05) is 6.92 Å². The second-order valence-electron chi connectivity index (χ2n) is 4.17. The Morgan fingerprint density at radius 3 is 2.85 bits per heavy atom. The van der Waals surface area contributed by atoms with Crippen LogP contribution in [0.15, 0.2) is 23.6 Å². The molecule has 0 bridgehead atoms. The number of rotatable bonds is 4. The van der Waals surface area contributed by atoms with Crippen molar-refractivity contribution in [3.05, 3.63) is 46.5 Å². The van der Waals surface area contributed by atoms with E-state index in [2.05, 4.69) is 15.6 Å². The molecule has 0 saturated carbocycles. The van der Waals surface area contributed by atoms with Crippen molar-refractivity contribution in [3.63, 3.8) is 0 Å². The van der Waals surface area contributed by atoms with E-state index < -0.39 is 17.5 Å². The highest BCUT2D eigenvalue weighted by Crippen LogP contribution is 2.21. The summed E-state index contributed by atoms with van der Waals surface area (Å²) in [5.41, 5.74) is 0.427. The highest BCUT2D eigenvalue weighted by atomic mass is 32.1. The van der Waals surface area contributed by atoms with E-state index in [1.54, 1.807) is 12.4 Å². The Morgan fingerprint density at radius 1 is 1.40 bits per heavy atom. The van der Waals surface area contributed by atoms with Gasteiger partial charge in [0.05, 0.1) is 11.3 Å². The maximum atomic E-state index is 13.5. The van der Waals surface area contributed by atoms with Crippen LogP contribution >= 0.6 is 11.3 Å². The van der Waals surface area contributed by atoms with Crippen LogP contribution in [-0.4, -0.2) is 17.9 Å². The first kappa shape index (κ1) is 14.5. The quantitative estimate of drug-likeness (QED) is 0.912. The normalized spacial score (nSPS) is 12.2. The van der Waals surface area contributed by atoms with Crippen LogP contribution in [0.3, 0.4) is 0 Å². The third-order valence-electron chi connectivity index (χ3n) is 2.79. The summed E-state index contributed by atoms with van der Waals surface area (Å²) in [6.45, 7) is 1.92. The van der Waals surface area contributed by atoms with E-state index in [9.17, 15) is 13.6 Å². The zero-order chi connectivity index (χ0) is 14.7. The summed E-state index contributed by atoms with van der Waals surface area (Å²) in [5.74, 6) is -2.16. The number of anilines is 1. The van der Waals surface area contributed by atoms with Crippen LogP contribution in [0.25, 0.3) is 0 Å². The van der Waals surface area contributed by atoms with Crippen LogP contribution in [0.4, 0.5) is 13.9 Å². The Balaban J connectivity index is 2.15. The van der Waals surface area contributed by atoms with Gasteiger partial charge in [-0.3, -0.25) is 10.1 Å². The molecule has 20 heavy (non-hydrogen) atoms. The number of halogens is 2. The van der Waals surface area contributed by atoms with Gasteiger partial charge in [-0.1, -0.05) is 0 Å². The van der Waals surface area contributed by atoms with Crippen molar-refractivity contribution in [1.29, 1.82) is 0 Å². The standard InChI is InChI=1S/C13H13F2N3OS/c1-7(16-2)11-6-20-13(17-11)18-12(19)9-5-8(14)3-4-10(9)15/h3-7,16H,1-2H3,(H,17,18,19). The molecule has 0 aliphatic heterocycles. The summed E-state index contributed by atoms with van der Waals surface area (Å²) in [6.07, 6.45) is 0. The number of hydrogen-bond acceptors (Lipinski definition) is 4. The minimum absolute atomic E-state index is 0.0443. The number of amides is 1. The first-order chi connectivity index (χ1) is 9.51. The van der Waals surface area contributed by atoms with Crippen molar-refractivity contribution in [3.8, 4) is 0 Å². The fourth-order valence-corrected chi connectivity index (χ4v) is 2.33. The molecule has 2 N–H and O–H groups in total. The van der Waals surface area contributed by atoms with Gasteiger partial charge in [-0.15, -0.1) is 11.3 Å². The molecule has 1 heterocycles. The SMILES string of the molecule is CNC(C)c1csc(NC(=O)c2cc(F)ccc2F)n1. The van der Waals surface area contributed by atoms with E-state index in [4.69, 9.17) is 0 Å². The van der Waals surface area contributed by atoms with Crippen LogP contribution in [-0.2, 0) is 0 Å². The first-order valence-corrected chi connectivity index (χ1v) is 6.78. The fourth-order valence-electron chi connectivity index (χ4n) is 1.53. The van der Waals surface area contributed by atoms with Crippen LogP contribution in [0.2, 0.25) is 0 Å². The summed E-state index contributed by atoms with van der Waals surface area (Å²) in [7, 11) is 1.80. The molecular formula is C13H13F2N3OS. The van der Waals surface area contributed by atoms with Gasteiger partial charge < -0.3 is 5.32 Å². The second-order valence-corrected chi connectivity index (χ2v) is 5.02. The lowest BCUT2D eigenvalue weighted by atomic mass is 10.2. The number of nitrogens with zero attached hydrogens (tertiary/aromatic N) is 1. The molecule has 0 radical (unpaired) electrons. The van der Waals surface area contributed by atoms with Crippen molar-refractivity contribution in [2.75, 3.05) is 12.4 Å². The largest absolute Gasteiger partial charge is 0.312 e. The van der Waals surface area contributed by atoms with Crippen LogP contribution in [0.1, 0.15) is 29.0 Å². The molecule has 0 aliphatic carbocycles. The van der Waals surface area contributed by atoms with Gasteiger partial charge in [0.1, 0.15) is 11.6 Å². The minimum Gasteiger partial charge on any atom is -0.312 e. The Hall–Kier alpha value is -1.86. The number of thiazole rings is 1. The highest BCUT2D eigenvalue weighted by Gasteiger charge is 2.15. The van der Waals surface area contributed by atoms with Crippen molar-refractivity contribution in [2.45, 2.75) is 13.0 Å². The average Bonchev–Trinajstić information content (AvgIpc) is 2.89. The molecule has 4 nitrogen and oxygen atoms in total. The molecule has 0 saturated heterocycles. The van der Waals surface area contributed by atoms with Gasteiger partial charge in [-0.2, -0.15) is 0 Å². The molecule has 1 unspecified atom stereocenters. The van der Waals surface area contributed by atoms with E-state index in [-0.39, 0.29) is 11.6 Å². The van der Waals surface area contributed by atoms with Crippen LogP contribution < -0.4 is 10.6 Å². The maximum absolute atomic E-state index is 13.5. The molecule has 7 heteroatoms. The second kappa shape index (κ2) is 6.06. The molecule has 0 aliphatic rings. The van der Waals surface area contributed by atoms with Crippen molar-refractivity contribution in [2.24, 2.45) is 0 Å². The number of hydrogen-bond donors (Lipinski definition) is 2. The molecule has 1 atom stereocenters. The third-order valence-corrected chi connectivity index (χ3v) is 3.57. The van der Waals surface area contributed by atoms with Gasteiger partial charge in [-0.25, -0.2) is 13.8 Å².